The molecule has 1 saturated heterocycles. The van der Waals surface area contributed by atoms with Gasteiger partial charge < -0.3 is 30.3 Å². The third-order valence-electron chi connectivity index (χ3n) is 16.2. The summed E-state index contributed by atoms with van der Waals surface area (Å²) in [5.41, 5.74) is 7.00. The highest BCUT2D eigenvalue weighted by Crippen LogP contribution is 2.47. The molecule has 0 saturated carbocycles. The molecule has 466 valence electrons. The van der Waals surface area contributed by atoms with Crippen LogP contribution in [0.15, 0.2) is 300 Å². The third kappa shape index (κ3) is 13.5. The van der Waals surface area contributed by atoms with Gasteiger partial charge in [-0.2, -0.15) is 0 Å². The lowest BCUT2D eigenvalue weighted by Crippen LogP contribution is -2.71. The monoisotopic (exact) mass is 1310 g/mol. The van der Waals surface area contributed by atoms with E-state index in [2.05, 4.69) is 57.5 Å². The molecule has 1 fully saturated rings. The molecule has 2 aliphatic heterocycles. The number of aromatic nitrogens is 2. The highest BCUT2D eigenvalue weighted by Gasteiger charge is 2.55. The number of anilines is 2. The van der Waals surface area contributed by atoms with Crippen molar-refractivity contribution in [3.05, 3.63) is 356 Å². The molecule has 4 heterocycles. The zero-order valence-corrected chi connectivity index (χ0v) is 53.7. The fourth-order valence-electron chi connectivity index (χ4n) is 11.7. The molecular formula is C76H61N7O7S4. The number of hydrogen-bond donors (Lipinski definition) is 3. The van der Waals surface area contributed by atoms with E-state index in [1.54, 1.807) is 5.38 Å². The first kappa shape index (κ1) is 62.4. The van der Waals surface area contributed by atoms with Crippen LogP contribution in [-0.4, -0.2) is 68.1 Å². The SMILES string of the molecule is O=C(CO/N=C(\C(=O)N[C@@H]1C(=O)N2C(C(=O)OC(c3ccccc3)c3ccccc3)=C(SCc3csc(NC(c4ccccc4)(c4ccccc4)c4ccccc4)n3)CS[C@H]12)c1csc(NC(c2ccccc2)(c2ccccc2)c2ccccc2)n1)OCc1ccccc1. The summed E-state index contributed by atoms with van der Waals surface area (Å²) in [6.45, 7) is -0.635. The lowest BCUT2D eigenvalue weighted by atomic mass is 9.77. The number of amides is 2. The maximum absolute atomic E-state index is 15.3. The zero-order chi connectivity index (χ0) is 64.1. The number of nitrogens with one attached hydrogen (secondary N) is 3. The molecule has 2 atom stereocenters. The van der Waals surface area contributed by atoms with Gasteiger partial charge in [0.25, 0.3) is 11.8 Å². The van der Waals surface area contributed by atoms with Crippen LogP contribution < -0.4 is 16.0 Å². The minimum absolute atomic E-state index is 0.000659. The van der Waals surface area contributed by atoms with Crippen molar-refractivity contribution >= 4 is 85.9 Å². The highest BCUT2D eigenvalue weighted by atomic mass is 32.2. The summed E-state index contributed by atoms with van der Waals surface area (Å²) in [5, 5.41) is 18.9. The Morgan fingerprint density at radius 3 is 1.46 bits per heavy atom. The molecule has 9 aromatic carbocycles. The van der Waals surface area contributed by atoms with Gasteiger partial charge in [0.1, 0.15) is 40.5 Å². The number of carbonyl (C=O) groups excluding carboxylic acids is 4. The van der Waals surface area contributed by atoms with Gasteiger partial charge in [0.2, 0.25) is 6.61 Å². The smallest absolute Gasteiger partial charge is 0.356 e. The first-order valence-electron chi connectivity index (χ1n) is 30.4. The first-order chi connectivity index (χ1) is 46.2. The first-order valence-corrected chi connectivity index (χ1v) is 34.2. The van der Waals surface area contributed by atoms with E-state index in [1.165, 1.54) is 51.1 Å². The van der Waals surface area contributed by atoms with Crippen molar-refractivity contribution in [1.82, 2.24) is 20.2 Å². The molecule has 3 N–H and O–H groups in total. The molecule has 0 unspecified atom stereocenters. The number of esters is 2. The van der Waals surface area contributed by atoms with Crippen LogP contribution in [0.1, 0.15) is 67.6 Å². The number of thiazole rings is 2. The van der Waals surface area contributed by atoms with Gasteiger partial charge in [0.05, 0.1) is 5.69 Å². The summed E-state index contributed by atoms with van der Waals surface area (Å²) in [6.07, 6.45) is -0.829. The van der Waals surface area contributed by atoms with E-state index in [-0.39, 0.29) is 29.5 Å². The second-order valence-electron chi connectivity index (χ2n) is 22.0. The number of oxime groups is 1. The standard InChI is InChI=1S/C76H61N7O7S4/c84-64(88-46-52-28-10-1-11-29-52)47-89-82-65(62-50-94-74(78-62)81-76(58-40-22-7-23-41-58,59-42-24-8-25-43-59)60-44-26-9-27-45-60)69(85)79-66-70(86)83-67(72(87)90-68(53-30-12-2-13-31-53)54-32-14-3-15-33-54)63(51-92-71(66)83)91-48-61-49-93-73(77-61)80-75(55-34-16-4-17-35-55,56-36-18-5-19-37-56)57-38-20-6-21-39-57/h1-45,49-50,66,68,71H,46-48,51H2,(H,77,80)(H,78,81)(H,79,85)/b82-65-/t66-,71-/m1/s1. The van der Waals surface area contributed by atoms with Crippen LogP contribution >= 0.6 is 46.2 Å². The van der Waals surface area contributed by atoms with Gasteiger partial charge in [0.15, 0.2) is 22.1 Å². The Morgan fingerprint density at radius 2 is 0.989 bits per heavy atom. The average molecular weight is 1310 g/mol. The Labute approximate surface area is 560 Å². The van der Waals surface area contributed by atoms with E-state index in [0.29, 0.717) is 20.9 Å². The second-order valence-corrected chi connectivity index (χ2v) is 25.9. The summed E-state index contributed by atoms with van der Waals surface area (Å²) in [6, 6.07) is 88.0. The van der Waals surface area contributed by atoms with Crippen molar-refractivity contribution in [2.75, 3.05) is 23.0 Å². The summed E-state index contributed by atoms with van der Waals surface area (Å²) in [7, 11) is 0. The van der Waals surface area contributed by atoms with E-state index in [4.69, 9.17) is 24.3 Å². The van der Waals surface area contributed by atoms with Crippen molar-refractivity contribution in [3.63, 3.8) is 0 Å². The molecular weight excluding hydrogens is 1250 g/mol. The van der Waals surface area contributed by atoms with E-state index in [0.717, 1.165) is 55.8 Å². The minimum atomic E-state index is -1.14. The number of thioether (sulfide) groups is 2. The maximum Gasteiger partial charge on any atom is 0.356 e. The van der Waals surface area contributed by atoms with Crippen molar-refractivity contribution in [1.29, 1.82) is 0 Å². The zero-order valence-electron chi connectivity index (χ0n) is 50.5. The minimum Gasteiger partial charge on any atom is -0.458 e. The van der Waals surface area contributed by atoms with Crippen LogP contribution in [0, 0.1) is 0 Å². The van der Waals surface area contributed by atoms with Crippen LogP contribution in [-0.2, 0) is 56.9 Å². The summed E-state index contributed by atoms with van der Waals surface area (Å²) >= 11 is 5.53. The van der Waals surface area contributed by atoms with Gasteiger partial charge in [0, 0.05) is 27.2 Å². The van der Waals surface area contributed by atoms with Gasteiger partial charge >= 0.3 is 11.9 Å². The predicted molar refractivity (Wildman–Crippen MR) is 373 cm³/mol. The normalized spacial score (nSPS) is 14.7. The number of carbonyl (C=O) groups is 4. The number of fused-ring (bicyclic) bond motifs is 1. The van der Waals surface area contributed by atoms with E-state index >= 15 is 14.4 Å². The van der Waals surface area contributed by atoms with Gasteiger partial charge in [-0.25, -0.2) is 19.6 Å². The lowest BCUT2D eigenvalue weighted by molar-refractivity contribution is -0.154. The topological polar surface area (TPSA) is 173 Å². The molecule has 0 aliphatic carbocycles. The Balaban J connectivity index is 0.803. The predicted octanol–water partition coefficient (Wildman–Crippen LogP) is 14.7. The van der Waals surface area contributed by atoms with E-state index in [1.807, 2.05) is 242 Å². The van der Waals surface area contributed by atoms with E-state index in [9.17, 15) is 4.79 Å². The molecule has 2 aliphatic rings. The molecule has 13 rings (SSSR count). The number of benzene rings is 9. The second kappa shape index (κ2) is 29.1. The lowest BCUT2D eigenvalue weighted by Gasteiger charge is -2.49. The van der Waals surface area contributed by atoms with Crippen LogP contribution in [0.3, 0.4) is 0 Å². The van der Waals surface area contributed by atoms with Gasteiger partial charge in [-0.3, -0.25) is 14.5 Å². The van der Waals surface area contributed by atoms with Crippen LogP contribution in [0.5, 0.6) is 0 Å². The number of rotatable bonds is 25. The molecule has 2 aromatic heterocycles. The van der Waals surface area contributed by atoms with E-state index < -0.39 is 59.0 Å². The number of hydrogen-bond acceptors (Lipinski definition) is 16. The van der Waals surface area contributed by atoms with Crippen LogP contribution in [0.2, 0.25) is 0 Å². The molecule has 14 nitrogen and oxygen atoms in total. The highest BCUT2D eigenvalue weighted by molar-refractivity contribution is 8.05. The molecule has 0 spiro atoms. The Kier molecular flexibility index (Phi) is 19.3. The summed E-state index contributed by atoms with van der Waals surface area (Å²) < 4.78 is 12.0. The van der Waals surface area contributed by atoms with Crippen LogP contribution in [0.4, 0.5) is 10.3 Å². The average Bonchev–Trinajstić information content (AvgIpc) is 0.917. The number of nitrogens with zero attached hydrogens (tertiary/aromatic N) is 4. The molecule has 0 bridgehead atoms. The Bertz CT molecular complexity index is 4210. The molecule has 11 aromatic rings. The Morgan fingerprint density at radius 1 is 0.564 bits per heavy atom. The molecule has 0 radical (unpaired) electrons. The summed E-state index contributed by atoms with van der Waals surface area (Å²) in [5.74, 6) is -2.15. The van der Waals surface area contributed by atoms with Crippen molar-refractivity contribution < 1.29 is 33.5 Å². The van der Waals surface area contributed by atoms with Gasteiger partial charge in [-0.15, -0.1) is 46.2 Å². The quantitative estimate of drug-likeness (QED) is 0.0162. The largest absolute Gasteiger partial charge is 0.458 e. The molecule has 94 heavy (non-hydrogen) atoms. The van der Waals surface area contributed by atoms with Gasteiger partial charge in [-0.1, -0.05) is 278 Å². The third-order valence-corrected chi connectivity index (χ3v) is 20.3. The molecule has 18 heteroatoms. The molecule has 2 amide bonds. The van der Waals surface area contributed by atoms with Crippen LogP contribution in [0.25, 0.3) is 0 Å². The fraction of sp³-hybridized carbons (Fsp3) is 0.118. The van der Waals surface area contributed by atoms with Crippen molar-refractivity contribution in [2.24, 2.45) is 5.16 Å². The maximum atomic E-state index is 15.3. The summed E-state index contributed by atoms with van der Waals surface area (Å²) in [4.78, 5) is 76.4. The fourth-order valence-corrected chi connectivity index (χ4v) is 15.8. The Hall–Kier alpha value is -10.4. The van der Waals surface area contributed by atoms with Gasteiger partial charge in [-0.05, 0) is 50.1 Å². The van der Waals surface area contributed by atoms with Crippen molar-refractivity contribution in [2.45, 2.75) is 41.0 Å². The number of β-lactam (4-membered cyclic amide) rings is 1. The number of ether oxygens (including phenoxy) is 2. The van der Waals surface area contributed by atoms with Crippen molar-refractivity contribution in [3.8, 4) is 0 Å².